The molecular weight excluding hydrogens is 290 g/mol. The number of benzene rings is 1. The Bertz CT molecular complexity index is 604. The fourth-order valence-electron chi connectivity index (χ4n) is 3.02. The van der Waals surface area contributed by atoms with Gasteiger partial charge in [0.15, 0.2) is 0 Å². The molecule has 1 fully saturated rings. The number of carbonyl (C=O) groups excluding carboxylic acids is 2. The van der Waals surface area contributed by atoms with E-state index in [4.69, 9.17) is 5.26 Å². The summed E-state index contributed by atoms with van der Waals surface area (Å²) < 4.78 is 0. The van der Waals surface area contributed by atoms with Gasteiger partial charge in [-0.3, -0.25) is 9.59 Å². The van der Waals surface area contributed by atoms with E-state index in [-0.39, 0.29) is 24.3 Å². The highest BCUT2D eigenvalue weighted by molar-refractivity contribution is 5.96. The van der Waals surface area contributed by atoms with E-state index >= 15 is 0 Å². The van der Waals surface area contributed by atoms with Crippen molar-refractivity contribution in [2.75, 3.05) is 5.32 Å². The minimum atomic E-state index is -0.352. The van der Waals surface area contributed by atoms with Crippen LogP contribution in [0.2, 0.25) is 0 Å². The van der Waals surface area contributed by atoms with Crippen LogP contribution in [0.4, 0.5) is 5.69 Å². The van der Waals surface area contributed by atoms with Crippen molar-refractivity contribution in [2.24, 2.45) is 11.8 Å². The smallest absolute Gasteiger partial charge is 0.251 e. The molecule has 0 aromatic heterocycles. The minimum Gasteiger partial charge on any atom is -0.349 e. The molecule has 0 aliphatic heterocycles. The first-order chi connectivity index (χ1) is 11.0. The van der Waals surface area contributed by atoms with Gasteiger partial charge in [-0.2, -0.15) is 5.26 Å². The van der Waals surface area contributed by atoms with Crippen molar-refractivity contribution in [2.45, 2.75) is 45.6 Å². The minimum absolute atomic E-state index is 0.0779. The second-order valence-corrected chi connectivity index (χ2v) is 6.31. The molecule has 0 heterocycles. The Morgan fingerprint density at radius 1 is 1.22 bits per heavy atom. The van der Waals surface area contributed by atoms with Crippen LogP contribution < -0.4 is 10.6 Å². The third-order valence-electron chi connectivity index (χ3n) is 4.69. The number of carbonyl (C=O) groups is 2. The fraction of sp³-hybridized carbons (Fsp3) is 0.500. The Balaban J connectivity index is 1.95. The summed E-state index contributed by atoms with van der Waals surface area (Å²) in [4.78, 5) is 23.7. The van der Waals surface area contributed by atoms with Gasteiger partial charge < -0.3 is 10.6 Å². The van der Waals surface area contributed by atoms with Crippen molar-refractivity contribution in [1.82, 2.24) is 5.32 Å². The zero-order valence-corrected chi connectivity index (χ0v) is 13.6. The average molecular weight is 313 g/mol. The highest BCUT2D eigenvalue weighted by Gasteiger charge is 2.28. The van der Waals surface area contributed by atoms with Crippen LogP contribution in [0.5, 0.6) is 0 Å². The Morgan fingerprint density at radius 3 is 2.57 bits per heavy atom. The number of anilines is 1. The van der Waals surface area contributed by atoms with Crippen molar-refractivity contribution < 1.29 is 9.59 Å². The normalized spacial score (nSPS) is 23.6. The molecule has 1 saturated carbocycles. The van der Waals surface area contributed by atoms with Crippen LogP contribution >= 0.6 is 0 Å². The topological polar surface area (TPSA) is 82.0 Å². The van der Waals surface area contributed by atoms with Crippen LogP contribution in [0.1, 0.15) is 49.9 Å². The molecule has 1 aromatic rings. The Labute approximate surface area is 137 Å². The molecule has 5 nitrogen and oxygen atoms in total. The summed E-state index contributed by atoms with van der Waals surface area (Å²) in [6, 6.07) is 8.75. The fourth-order valence-corrected chi connectivity index (χ4v) is 3.02. The number of nitrogens with one attached hydrogen (secondary N) is 2. The van der Waals surface area contributed by atoms with Gasteiger partial charge in [0.2, 0.25) is 5.91 Å². The largest absolute Gasteiger partial charge is 0.349 e. The monoisotopic (exact) mass is 313 g/mol. The van der Waals surface area contributed by atoms with Crippen LogP contribution in [0, 0.1) is 23.2 Å². The predicted molar refractivity (Wildman–Crippen MR) is 88.7 cm³/mol. The molecule has 122 valence electrons. The van der Waals surface area contributed by atoms with Gasteiger partial charge in [-0.05, 0) is 42.5 Å². The molecule has 0 saturated heterocycles. The van der Waals surface area contributed by atoms with Gasteiger partial charge in [0.25, 0.3) is 5.91 Å². The summed E-state index contributed by atoms with van der Waals surface area (Å²) in [6.07, 6.45) is 3.23. The zero-order chi connectivity index (χ0) is 16.8. The molecule has 2 N–H and O–H groups in total. The molecule has 2 amide bonds. The third kappa shape index (κ3) is 4.56. The van der Waals surface area contributed by atoms with Crippen LogP contribution in [0.25, 0.3) is 0 Å². The summed E-state index contributed by atoms with van der Waals surface area (Å²) >= 11 is 0. The van der Waals surface area contributed by atoms with E-state index in [2.05, 4.69) is 24.5 Å². The van der Waals surface area contributed by atoms with Crippen molar-refractivity contribution in [3.8, 4) is 6.07 Å². The lowest BCUT2D eigenvalue weighted by atomic mass is 9.78. The molecule has 3 atom stereocenters. The van der Waals surface area contributed by atoms with Crippen molar-refractivity contribution in [3.05, 3.63) is 29.8 Å². The third-order valence-corrected chi connectivity index (χ3v) is 4.69. The van der Waals surface area contributed by atoms with Crippen molar-refractivity contribution >= 4 is 17.5 Å². The molecule has 0 bridgehead atoms. The Morgan fingerprint density at radius 2 is 1.91 bits per heavy atom. The highest BCUT2D eigenvalue weighted by atomic mass is 16.2. The van der Waals surface area contributed by atoms with Crippen LogP contribution in [0.3, 0.4) is 0 Å². The SMILES string of the molecule is C[C@@H]1[C@H](C)CCC[C@H]1NC(=O)c1ccc(NC(=O)CC#N)cc1. The van der Waals surface area contributed by atoms with E-state index in [9.17, 15) is 9.59 Å². The molecular formula is C18H23N3O2. The van der Waals surface area contributed by atoms with Gasteiger partial charge in [-0.15, -0.1) is 0 Å². The highest BCUT2D eigenvalue weighted by Crippen LogP contribution is 2.29. The standard InChI is InChI=1S/C18H23N3O2/c1-12-4-3-5-16(13(12)2)21-18(23)14-6-8-15(9-7-14)20-17(22)10-11-19/h6-9,12-13,16H,3-5,10H2,1-2H3,(H,20,22)(H,21,23)/t12-,13-,16-/m1/s1. The summed E-state index contributed by atoms with van der Waals surface area (Å²) in [5.41, 5.74) is 1.16. The van der Waals surface area contributed by atoms with E-state index in [0.717, 1.165) is 12.8 Å². The van der Waals surface area contributed by atoms with Gasteiger partial charge in [-0.25, -0.2) is 0 Å². The number of amides is 2. The second kappa shape index (κ2) is 7.77. The quantitative estimate of drug-likeness (QED) is 0.896. The number of nitriles is 1. The maximum Gasteiger partial charge on any atom is 0.251 e. The molecule has 23 heavy (non-hydrogen) atoms. The molecule has 1 aliphatic carbocycles. The Kier molecular flexibility index (Phi) is 5.75. The first-order valence-corrected chi connectivity index (χ1v) is 8.09. The van der Waals surface area contributed by atoms with Crippen LogP contribution in [0.15, 0.2) is 24.3 Å². The van der Waals surface area contributed by atoms with Crippen LogP contribution in [-0.2, 0) is 4.79 Å². The number of hydrogen-bond acceptors (Lipinski definition) is 3. The van der Waals surface area contributed by atoms with Gasteiger partial charge in [0.1, 0.15) is 6.42 Å². The zero-order valence-electron chi connectivity index (χ0n) is 13.6. The number of nitrogens with zero attached hydrogens (tertiary/aromatic N) is 1. The van der Waals surface area contributed by atoms with E-state index in [1.807, 2.05) is 0 Å². The predicted octanol–water partition coefficient (Wildman–Crippen LogP) is 3.09. The summed E-state index contributed by atoms with van der Waals surface area (Å²) in [6.45, 7) is 4.43. The lowest BCUT2D eigenvalue weighted by Gasteiger charge is -2.34. The van der Waals surface area contributed by atoms with E-state index in [1.54, 1.807) is 30.3 Å². The summed E-state index contributed by atoms with van der Waals surface area (Å²) in [5, 5.41) is 14.2. The van der Waals surface area contributed by atoms with Gasteiger partial charge >= 0.3 is 0 Å². The Hall–Kier alpha value is -2.35. The summed E-state index contributed by atoms with van der Waals surface area (Å²) in [5.74, 6) is 0.685. The maximum absolute atomic E-state index is 12.4. The second-order valence-electron chi connectivity index (χ2n) is 6.31. The first kappa shape index (κ1) is 17.0. The van der Waals surface area contributed by atoms with Crippen LogP contribution in [-0.4, -0.2) is 17.9 Å². The number of rotatable bonds is 4. The maximum atomic E-state index is 12.4. The van der Waals surface area contributed by atoms with E-state index in [1.165, 1.54) is 6.42 Å². The van der Waals surface area contributed by atoms with E-state index in [0.29, 0.717) is 23.1 Å². The lowest BCUT2D eigenvalue weighted by molar-refractivity contribution is -0.115. The van der Waals surface area contributed by atoms with Gasteiger partial charge in [-0.1, -0.05) is 26.7 Å². The van der Waals surface area contributed by atoms with Crippen molar-refractivity contribution in [3.63, 3.8) is 0 Å². The first-order valence-electron chi connectivity index (χ1n) is 8.09. The molecule has 1 aliphatic rings. The molecule has 5 heteroatoms. The molecule has 0 radical (unpaired) electrons. The average Bonchev–Trinajstić information content (AvgIpc) is 2.52. The molecule has 0 unspecified atom stereocenters. The summed E-state index contributed by atoms with van der Waals surface area (Å²) in [7, 11) is 0. The van der Waals surface area contributed by atoms with Crippen molar-refractivity contribution in [1.29, 1.82) is 5.26 Å². The molecule has 1 aromatic carbocycles. The molecule has 2 rings (SSSR count). The van der Waals surface area contributed by atoms with Gasteiger partial charge in [0.05, 0.1) is 6.07 Å². The van der Waals surface area contributed by atoms with Gasteiger partial charge in [0, 0.05) is 17.3 Å². The number of hydrogen-bond donors (Lipinski definition) is 2. The molecule has 0 spiro atoms. The lowest BCUT2D eigenvalue weighted by Crippen LogP contribution is -2.43. The van der Waals surface area contributed by atoms with E-state index < -0.39 is 0 Å².